The van der Waals surface area contributed by atoms with E-state index < -0.39 is 0 Å². The van der Waals surface area contributed by atoms with E-state index in [9.17, 15) is 9.59 Å². The second-order valence-electron chi connectivity index (χ2n) is 7.85. The number of fused-ring (bicyclic) bond motifs is 1. The summed E-state index contributed by atoms with van der Waals surface area (Å²) in [6, 6.07) is 12.6. The number of amides is 1. The lowest BCUT2D eigenvalue weighted by Gasteiger charge is -2.29. The Bertz CT molecular complexity index is 1270. The number of aromatic amines is 1. The number of carbonyl (C=O) groups is 1. The number of benzene rings is 1. The molecule has 0 bridgehead atoms. The molecule has 4 aromatic rings. The Labute approximate surface area is 178 Å². The van der Waals surface area contributed by atoms with Gasteiger partial charge in [0.1, 0.15) is 0 Å². The lowest BCUT2D eigenvalue weighted by Crippen LogP contribution is -2.39. The summed E-state index contributed by atoms with van der Waals surface area (Å²) < 4.78 is 1.60. The molecule has 2 N–H and O–H groups in total. The number of nitrogens with one attached hydrogen (secondary N) is 2. The third kappa shape index (κ3) is 3.96. The molecule has 8 heteroatoms. The highest BCUT2D eigenvalue weighted by Gasteiger charge is 2.25. The highest BCUT2D eigenvalue weighted by atomic mass is 16.1. The first kappa shape index (κ1) is 19.2. The van der Waals surface area contributed by atoms with Gasteiger partial charge in [0.15, 0.2) is 0 Å². The van der Waals surface area contributed by atoms with Crippen molar-refractivity contribution in [2.45, 2.75) is 37.8 Å². The molecular formula is C23H22N6O2. The first-order valence-corrected chi connectivity index (χ1v) is 10.4. The third-order valence-electron chi connectivity index (χ3n) is 5.86. The van der Waals surface area contributed by atoms with Crippen molar-refractivity contribution in [3.8, 4) is 11.3 Å². The van der Waals surface area contributed by atoms with Crippen LogP contribution in [0.3, 0.4) is 0 Å². The molecule has 0 atom stereocenters. The van der Waals surface area contributed by atoms with E-state index in [-0.39, 0.29) is 23.6 Å². The van der Waals surface area contributed by atoms with Gasteiger partial charge in [-0.25, -0.2) is 9.67 Å². The summed E-state index contributed by atoms with van der Waals surface area (Å²) in [6.45, 7) is 0. The van der Waals surface area contributed by atoms with Crippen molar-refractivity contribution in [3.05, 3.63) is 77.1 Å². The maximum atomic E-state index is 12.7. The minimum atomic E-state index is -0.0989. The number of hydrogen-bond acceptors (Lipinski definition) is 5. The molecule has 0 radical (unpaired) electrons. The summed E-state index contributed by atoms with van der Waals surface area (Å²) in [6.07, 6.45) is 8.23. The summed E-state index contributed by atoms with van der Waals surface area (Å²) in [5.74, 6) is -0.0880. The van der Waals surface area contributed by atoms with Crippen LogP contribution in [0.1, 0.15) is 42.1 Å². The van der Waals surface area contributed by atoms with Gasteiger partial charge in [0.05, 0.1) is 29.1 Å². The largest absolute Gasteiger partial charge is 0.349 e. The van der Waals surface area contributed by atoms with Gasteiger partial charge in [-0.3, -0.25) is 14.6 Å². The van der Waals surface area contributed by atoms with Gasteiger partial charge < -0.3 is 10.3 Å². The van der Waals surface area contributed by atoms with Gasteiger partial charge in [0.2, 0.25) is 0 Å². The number of imidazole rings is 1. The monoisotopic (exact) mass is 414 g/mol. The summed E-state index contributed by atoms with van der Waals surface area (Å²) in [5.41, 5.74) is 3.88. The summed E-state index contributed by atoms with van der Waals surface area (Å²) >= 11 is 0. The van der Waals surface area contributed by atoms with E-state index in [1.807, 2.05) is 24.3 Å². The molecule has 1 aliphatic rings. The average molecular weight is 414 g/mol. The van der Waals surface area contributed by atoms with E-state index >= 15 is 0 Å². The minimum absolute atomic E-state index is 0.0313. The van der Waals surface area contributed by atoms with Gasteiger partial charge in [-0.2, -0.15) is 5.10 Å². The lowest BCUT2D eigenvalue weighted by molar-refractivity contribution is 0.0921. The summed E-state index contributed by atoms with van der Waals surface area (Å²) in [4.78, 5) is 36.4. The van der Waals surface area contributed by atoms with E-state index in [0.29, 0.717) is 5.56 Å². The normalized spacial score (nSPS) is 18.7. The lowest BCUT2D eigenvalue weighted by atomic mass is 9.91. The summed E-state index contributed by atoms with van der Waals surface area (Å²) in [5, 5.41) is 7.73. The zero-order valence-corrected chi connectivity index (χ0v) is 16.9. The van der Waals surface area contributed by atoms with Crippen LogP contribution in [0.5, 0.6) is 0 Å². The maximum Gasteiger partial charge on any atom is 0.267 e. The molecule has 1 saturated carbocycles. The zero-order chi connectivity index (χ0) is 21.2. The highest BCUT2D eigenvalue weighted by molar-refractivity contribution is 5.97. The number of nitrogens with zero attached hydrogens (tertiary/aromatic N) is 4. The van der Waals surface area contributed by atoms with Gasteiger partial charge in [0.25, 0.3) is 11.5 Å². The van der Waals surface area contributed by atoms with Crippen molar-refractivity contribution in [2.75, 3.05) is 0 Å². The predicted molar refractivity (Wildman–Crippen MR) is 117 cm³/mol. The molecule has 3 aromatic heterocycles. The number of pyridine rings is 1. The molecular weight excluding hydrogens is 392 g/mol. The van der Waals surface area contributed by atoms with Crippen molar-refractivity contribution in [2.24, 2.45) is 0 Å². The quantitative estimate of drug-likeness (QED) is 0.534. The van der Waals surface area contributed by atoms with Crippen LogP contribution in [-0.4, -0.2) is 36.7 Å². The van der Waals surface area contributed by atoms with E-state index in [1.54, 1.807) is 41.6 Å². The Morgan fingerprint density at radius 3 is 2.65 bits per heavy atom. The Morgan fingerprint density at radius 2 is 1.84 bits per heavy atom. The molecule has 1 amide bonds. The molecule has 0 unspecified atom stereocenters. The Hall–Kier alpha value is -3.81. The van der Waals surface area contributed by atoms with E-state index in [1.165, 1.54) is 0 Å². The highest BCUT2D eigenvalue weighted by Crippen LogP contribution is 2.28. The van der Waals surface area contributed by atoms with Crippen LogP contribution in [0.2, 0.25) is 0 Å². The molecule has 31 heavy (non-hydrogen) atoms. The fourth-order valence-corrected chi connectivity index (χ4v) is 4.17. The Morgan fingerprint density at radius 1 is 1.03 bits per heavy atom. The van der Waals surface area contributed by atoms with Gasteiger partial charge in [-0.05, 0) is 62.1 Å². The first-order chi connectivity index (χ1) is 15.2. The van der Waals surface area contributed by atoms with Crippen molar-refractivity contribution in [1.82, 2.24) is 30.0 Å². The average Bonchev–Trinajstić information content (AvgIpc) is 3.28. The zero-order valence-electron chi connectivity index (χ0n) is 16.9. The maximum absolute atomic E-state index is 12.7. The number of H-pyrrole nitrogens is 1. The van der Waals surface area contributed by atoms with E-state index in [4.69, 9.17) is 0 Å². The molecule has 8 nitrogen and oxygen atoms in total. The van der Waals surface area contributed by atoms with Crippen LogP contribution < -0.4 is 10.9 Å². The SMILES string of the molecule is O=C(NC1CCC(n2nc(-c3ccncc3)ccc2=O)CC1)c1ccc2nc[nH]c2c1. The third-order valence-corrected chi connectivity index (χ3v) is 5.86. The molecule has 1 fully saturated rings. The fourth-order valence-electron chi connectivity index (χ4n) is 4.17. The van der Waals surface area contributed by atoms with Crippen molar-refractivity contribution >= 4 is 16.9 Å². The first-order valence-electron chi connectivity index (χ1n) is 10.4. The molecule has 1 aliphatic carbocycles. The molecule has 0 aliphatic heterocycles. The van der Waals surface area contributed by atoms with Crippen LogP contribution in [0.25, 0.3) is 22.3 Å². The number of hydrogen-bond donors (Lipinski definition) is 2. The second-order valence-corrected chi connectivity index (χ2v) is 7.85. The van der Waals surface area contributed by atoms with Crippen molar-refractivity contribution < 1.29 is 4.79 Å². The molecule has 0 saturated heterocycles. The predicted octanol–water partition coefficient (Wildman–Crippen LogP) is 3.10. The molecule has 1 aromatic carbocycles. The molecule has 156 valence electrons. The molecule has 3 heterocycles. The Balaban J connectivity index is 1.25. The van der Waals surface area contributed by atoms with Crippen molar-refractivity contribution in [3.63, 3.8) is 0 Å². The topological polar surface area (TPSA) is 106 Å². The molecule has 0 spiro atoms. The van der Waals surface area contributed by atoms with Gasteiger partial charge in [0, 0.05) is 35.6 Å². The number of rotatable bonds is 4. The van der Waals surface area contributed by atoms with Gasteiger partial charge in [-0.1, -0.05) is 0 Å². The van der Waals surface area contributed by atoms with E-state index in [0.717, 1.165) is 48.0 Å². The second kappa shape index (κ2) is 8.14. The van der Waals surface area contributed by atoms with Gasteiger partial charge >= 0.3 is 0 Å². The Kier molecular flexibility index (Phi) is 5.03. The van der Waals surface area contributed by atoms with Crippen molar-refractivity contribution in [1.29, 1.82) is 0 Å². The smallest absolute Gasteiger partial charge is 0.267 e. The van der Waals surface area contributed by atoms with Crippen LogP contribution >= 0.6 is 0 Å². The van der Waals surface area contributed by atoms with Crippen LogP contribution in [0.15, 0.2) is 66.0 Å². The van der Waals surface area contributed by atoms with Crippen LogP contribution in [0, 0.1) is 0 Å². The number of carbonyl (C=O) groups excluding carboxylic acids is 1. The standard InChI is InChI=1S/C23H22N6O2/c30-22-8-7-19(15-9-11-24-12-10-15)28-29(22)18-4-2-17(3-5-18)27-23(31)16-1-6-20-21(13-16)26-14-25-20/h1,6-14,17-18H,2-5H2,(H,25,26)(H,27,31). The number of aromatic nitrogens is 5. The van der Waals surface area contributed by atoms with Crippen LogP contribution in [0.4, 0.5) is 0 Å². The minimum Gasteiger partial charge on any atom is -0.349 e. The molecule has 5 rings (SSSR count). The fraction of sp³-hybridized carbons (Fsp3) is 0.261. The summed E-state index contributed by atoms with van der Waals surface area (Å²) in [7, 11) is 0. The van der Waals surface area contributed by atoms with Gasteiger partial charge in [-0.15, -0.1) is 0 Å². The van der Waals surface area contributed by atoms with E-state index in [2.05, 4.69) is 25.4 Å². The van der Waals surface area contributed by atoms with Crippen LogP contribution in [-0.2, 0) is 0 Å².